The Morgan fingerprint density at radius 3 is 2.41 bits per heavy atom. The number of benzene rings is 1. The Bertz CT molecular complexity index is 763. The second-order valence-corrected chi connectivity index (χ2v) is 4.73. The van der Waals surface area contributed by atoms with E-state index in [0.29, 0.717) is 34.7 Å². The van der Waals surface area contributed by atoms with Crippen molar-refractivity contribution in [1.82, 2.24) is 4.57 Å². The molecule has 1 aromatic heterocycles. The van der Waals surface area contributed by atoms with Gasteiger partial charge in [-0.3, -0.25) is 9.59 Å². The number of nitrogens with zero attached hydrogens (tertiary/aromatic N) is 1. The minimum absolute atomic E-state index is 0.0000189. The van der Waals surface area contributed by atoms with Gasteiger partial charge in [0.25, 0.3) is 0 Å². The number of pyridine rings is 1. The van der Waals surface area contributed by atoms with E-state index < -0.39 is 0 Å². The molecule has 0 saturated carbocycles. The summed E-state index contributed by atoms with van der Waals surface area (Å²) < 4.78 is 17.3. The van der Waals surface area contributed by atoms with Gasteiger partial charge in [-0.25, -0.2) is 0 Å². The SMILES string of the molecule is CCOC(=O)Cn1c(C)cc(=O)c2c(OC)ccc(OC)c21. The van der Waals surface area contributed by atoms with Crippen molar-refractivity contribution in [3.63, 3.8) is 0 Å². The molecule has 1 aromatic carbocycles. The summed E-state index contributed by atoms with van der Waals surface area (Å²) in [5.74, 6) is 0.569. The van der Waals surface area contributed by atoms with Crippen LogP contribution < -0.4 is 14.9 Å². The molecular formula is C16H19NO5. The van der Waals surface area contributed by atoms with Gasteiger partial charge in [0.1, 0.15) is 18.0 Å². The molecule has 6 heteroatoms. The summed E-state index contributed by atoms with van der Waals surface area (Å²) in [6.45, 7) is 3.81. The predicted octanol–water partition coefficient (Wildman–Crippen LogP) is 1.89. The third-order valence-corrected chi connectivity index (χ3v) is 3.42. The molecule has 118 valence electrons. The number of esters is 1. The Balaban J connectivity index is 2.79. The average molecular weight is 305 g/mol. The fourth-order valence-corrected chi connectivity index (χ4v) is 2.45. The Kier molecular flexibility index (Phi) is 4.70. The maximum absolute atomic E-state index is 12.3. The first-order valence-electron chi connectivity index (χ1n) is 6.94. The zero-order chi connectivity index (χ0) is 16.3. The molecule has 0 spiro atoms. The van der Waals surface area contributed by atoms with Gasteiger partial charge in [-0.2, -0.15) is 0 Å². The van der Waals surface area contributed by atoms with Gasteiger partial charge in [0.05, 0.1) is 31.7 Å². The molecule has 0 aliphatic carbocycles. The monoisotopic (exact) mass is 305 g/mol. The molecule has 0 N–H and O–H groups in total. The van der Waals surface area contributed by atoms with Crippen LogP contribution in [0.2, 0.25) is 0 Å². The quantitative estimate of drug-likeness (QED) is 0.789. The summed E-state index contributed by atoms with van der Waals surface area (Å²) in [7, 11) is 3.01. The van der Waals surface area contributed by atoms with Gasteiger partial charge in [0.15, 0.2) is 5.43 Å². The number of ether oxygens (including phenoxy) is 3. The third kappa shape index (κ3) is 2.77. The van der Waals surface area contributed by atoms with E-state index in [9.17, 15) is 9.59 Å². The summed E-state index contributed by atoms with van der Waals surface area (Å²) in [5.41, 5.74) is 1.00. The minimum atomic E-state index is -0.375. The van der Waals surface area contributed by atoms with E-state index >= 15 is 0 Å². The zero-order valence-corrected chi connectivity index (χ0v) is 13.1. The van der Waals surface area contributed by atoms with Crippen molar-refractivity contribution in [1.29, 1.82) is 0 Å². The molecule has 0 aliphatic heterocycles. The highest BCUT2D eigenvalue weighted by molar-refractivity contribution is 5.91. The second kappa shape index (κ2) is 6.51. The minimum Gasteiger partial charge on any atom is -0.496 e. The van der Waals surface area contributed by atoms with Crippen molar-refractivity contribution in [2.45, 2.75) is 20.4 Å². The van der Waals surface area contributed by atoms with Gasteiger partial charge in [-0.05, 0) is 26.0 Å². The van der Waals surface area contributed by atoms with Gasteiger partial charge in [0, 0.05) is 11.8 Å². The van der Waals surface area contributed by atoms with Gasteiger partial charge >= 0.3 is 5.97 Å². The number of methoxy groups -OCH3 is 2. The predicted molar refractivity (Wildman–Crippen MR) is 82.7 cm³/mol. The van der Waals surface area contributed by atoms with E-state index in [4.69, 9.17) is 14.2 Å². The Morgan fingerprint density at radius 2 is 1.82 bits per heavy atom. The fraction of sp³-hybridized carbons (Fsp3) is 0.375. The highest BCUT2D eigenvalue weighted by atomic mass is 16.5. The molecule has 0 fully saturated rings. The number of hydrogen-bond acceptors (Lipinski definition) is 5. The molecule has 2 rings (SSSR count). The lowest BCUT2D eigenvalue weighted by molar-refractivity contribution is -0.143. The lowest BCUT2D eigenvalue weighted by Gasteiger charge is -2.17. The molecule has 0 bridgehead atoms. The maximum atomic E-state index is 12.3. The summed E-state index contributed by atoms with van der Waals surface area (Å²) in [4.78, 5) is 24.2. The first-order chi connectivity index (χ1) is 10.5. The molecule has 0 amide bonds. The Labute approximate surface area is 128 Å². The van der Waals surface area contributed by atoms with Crippen LogP contribution in [0.15, 0.2) is 23.0 Å². The number of carbonyl (C=O) groups is 1. The van der Waals surface area contributed by atoms with Crippen molar-refractivity contribution in [3.8, 4) is 11.5 Å². The van der Waals surface area contributed by atoms with E-state index in [2.05, 4.69) is 0 Å². The third-order valence-electron chi connectivity index (χ3n) is 3.42. The van der Waals surface area contributed by atoms with Crippen LogP contribution in [0, 0.1) is 6.92 Å². The Hall–Kier alpha value is -2.50. The van der Waals surface area contributed by atoms with Crippen LogP contribution >= 0.6 is 0 Å². The normalized spacial score (nSPS) is 10.5. The van der Waals surface area contributed by atoms with Crippen LogP contribution in [0.3, 0.4) is 0 Å². The van der Waals surface area contributed by atoms with Crippen molar-refractivity contribution in [3.05, 3.63) is 34.1 Å². The largest absolute Gasteiger partial charge is 0.496 e. The van der Waals surface area contributed by atoms with E-state index in [-0.39, 0.29) is 17.9 Å². The lowest BCUT2D eigenvalue weighted by atomic mass is 10.1. The first-order valence-corrected chi connectivity index (χ1v) is 6.94. The van der Waals surface area contributed by atoms with E-state index in [1.807, 2.05) is 0 Å². The molecule has 0 atom stereocenters. The van der Waals surface area contributed by atoms with Crippen LogP contribution in [0.5, 0.6) is 11.5 Å². The number of aromatic nitrogens is 1. The zero-order valence-electron chi connectivity index (χ0n) is 13.1. The highest BCUT2D eigenvalue weighted by Crippen LogP contribution is 2.31. The second-order valence-electron chi connectivity index (χ2n) is 4.73. The van der Waals surface area contributed by atoms with Crippen LogP contribution in [0.1, 0.15) is 12.6 Å². The number of rotatable bonds is 5. The molecule has 0 saturated heterocycles. The van der Waals surface area contributed by atoms with Crippen LogP contribution in [-0.2, 0) is 16.1 Å². The van der Waals surface area contributed by atoms with Gasteiger partial charge < -0.3 is 18.8 Å². The van der Waals surface area contributed by atoms with Gasteiger partial charge in [0.2, 0.25) is 0 Å². The standard InChI is InChI=1S/C16H19NO5/c1-5-22-14(19)9-17-10(2)8-11(18)15-12(20-3)6-7-13(21-4)16(15)17/h6-8H,5,9H2,1-4H3. The number of aryl methyl sites for hydroxylation is 1. The van der Waals surface area contributed by atoms with Crippen LogP contribution in [0.4, 0.5) is 0 Å². The number of hydrogen-bond donors (Lipinski definition) is 0. The number of fused-ring (bicyclic) bond motifs is 1. The summed E-state index contributed by atoms with van der Waals surface area (Å²) in [5, 5.41) is 0.386. The van der Waals surface area contributed by atoms with E-state index in [1.165, 1.54) is 20.3 Å². The lowest BCUT2D eigenvalue weighted by Crippen LogP contribution is -2.19. The molecule has 22 heavy (non-hydrogen) atoms. The smallest absolute Gasteiger partial charge is 0.325 e. The first kappa shape index (κ1) is 15.9. The highest BCUT2D eigenvalue weighted by Gasteiger charge is 2.17. The summed E-state index contributed by atoms with van der Waals surface area (Å²) >= 11 is 0. The molecule has 6 nitrogen and oxygen atoms in total. The average Bonchev–Trinajstić information content (AvgIpc) is 2.50. The molecule has 1 heterocycles. The topological polar surface area (TPSA) is 66.8 Å². The van der Waals surface area contributed by atoms with E-state index in [0.717, 1.165) is 0 Å². The fourth-order valence-electron chi connectivity index (χ4n) is 2.45. The molecule has 2 aromatic rings. The van der Waals surface area contributed by atoms with Gasteiger partial charge in [-0.15, -0.1) is 0 Å². The van der Waals surface area contributed by atoms with Crippen molar-refractivity contribution in [2.24, 2.45) is 0 Å². The van der Waals surface area contributed by atoms with Crippen LogP contribution in [-0.4, -0.2) is 31.4 Å². The molecule has 0 unspecified atom stereocenters. The van der Waals surface area contributed by atoms with Crippen molar-refractivity contribution in [2.75, 3.05) is 20.8 Å². The number of carbonyl (C=O) groups excluding carboxylic acids is 1. The Morgan fingerprint density at radius 1 is 1.18 bits per heavy atom. The molecule has 0 radical (unpaired) electrons. The van der Waals surface area contributed by atoms with Crippen molar-refractivity contribution < 1.29 is 19.0 Å². The van der Waals surface area contributed by atoms with Gasteiger partial charge in [-0.1, -0.05) is 0 Å². The molecular weight excluding hydrogens is 286 g/mol. The van der Waals surface area contributed by atoms with Crippen molar-refractivity contribution >= 4 is 16.9 Å². The summed E-state index contributed by atoms with van der Waals surface area (Å²) in [6.07, 6.45) is 0. The van der Waals surface area contributed by atoms with Crippen LogP contribution in [0.25, 0.3) is 10.9 Å². The van der Waals surface area contributed by atoms with E-state index in [1.54, 1.807) is 30.5 Å². The molecule has 0 aliphatic rings. The summed E-state index contributed by atoms with van der Waals surface area (Å²) in [6, 6.07) is 4.86. The maximum Gasteiger partial charge on any atom is 0.325 e.